The molecule has 0 saturated heterocycles. The summed E-state index contributed by atoms with van der Waals surface area (Å²) in [6, 6.07) is 0. The molecule has 0 spiro atoms. The average molecular weight is 354 g/mol. The molecule has 0 aromatic carbocycles. The minimum atomic E-state index is 0.464. The zero-order valence-corrected chi connectivity index (χ0v) is 13.3. The lowest BCUT2D eigenvalue weighted by Crippen LogP contribution is -2.27. The Balaban J connectivity index is 2.06. The first kappa shape index (κ1) is 15.7. The van der Waals surface area contributed by atoms with Crippen LogP contribution in [-0.2, 0) is 9.47 Å². The summed E-state index contributed by atoms with van der Waals surface area (Å²) >= 11 is 2.57. The SMILES string of the molecule is CCCCOCCOC1CCCCCCC1I. The van der Waals surface area contributed by atoms with Crippen LogP contribution in [0.1, 0.15) is 58.3 Å². The highest BCUT2D eigenvalue weighted by Gasteiger charge is 2.20. The van der Waals surface area contributed by atoms with Gasteiger partial charge in [0.1, 0.15) is 0 Å². The van der Waals surface area contributed by atoms with Gasteiger partial charge < -0.3 is 9.47 Å². The maximum absolute atomic E-state index is 5.98. The first-order chi connectivity index (χ1) is 8.34. The molecule has 1 aliphatic carbocycles. The van der Waals surface area contributed by atoms with Gasteiger partial charge in [0.25, 0.3) is 0 Å². The van der Waals surface area contributed by atoms with E-state index < -0.39 is 0 Å². The van der Waals surface area contributed by atoms with E-state index in [0.29, 0.717) is 10.0 Å². The largest absolute Gasteiger partial charge is 0.379 e. The third kappa shape index (κ3) is 7.62. The number of hydrogen-bond donors (Lipinski definition) is 0. The predicted octanol–water partition coefficient (Wildman–Crippen LogP) is 4.35. The minimum Gasteiger partial charge on any atom is -0.379 e. The van der Waals surface area contributed by atoms with E-state index >= 15 is 0 Å². The van der Waals surface area contributed by atoms with Gasteiger partial charge in [-0.3, -0.25) is 0 Å². The van der Waals surface area contributed by atoms with Gasteiger partial charge >= 0.3 is 0 Å². The van der Waals surface area contributed by atoms with Crippen LogP contribution in [0.15, 0.2) is 0 Å². The number of ether oxygens (including phenoxy) is 2. The Labute approximate surface area is 120 Å². The van der Waals surface area contributed by atoms with E-state index in [0.717, 1.165) is 19.8 Å². The van der Waals surface area contributed by atoms with Crippen molar-refractivity contribution in [2.24, 2.45) is 0 Å². The number of rotatable bonds is 7. The molecular weight excluding hydrogens is 327 g/mol. The van der Waals surface area contributed by atoms with Gasteiger partial charge in [-0.25, -0.2) is 0 Å². The molecule has 0 radical (unpaired) electrons. The monoisotopic (exact) mass is 354 g/mol. The van der Waals surface area contributed by atoms with Gasteiger partial charge in [0.05, 0.1) is 19.3 Å². The summed E-state index contributed by atoms with van der Waals surface area (Å²) in [7, 11) is 0. The van der Waals surface area contributed by atoms with Crippen molar-refractivity contribution in [3.8, 4) is 0 Å². The van der Waals surface area contributed by atoms with Crippen molar-refractivity contribution in [3.05, 3.63) is 0 Å². The second-order valence-corrected chi connectivity index (χ2v) is 6.48. The van der Waals surface area contributed by atoms with Crippen LogP contribution in [0.5, 0.6) is 0 Å². The first-order valence-corrected chi connectivity index (χ1v) is 8.42. The highest BCUT2D eigenvalue weighted by Crippen LogP contribution is 2.25. The molecule has 0 aromatic rings. The molecule has 0 aliphatic heterocycles. The zero-order valence-electron chi connectivity index (χ0n) is 11.1. The summed E-state index contributed by atoms with van der Waals surface area (Å²) in [6.07, 6.45) is 10.9. The fraction of sp³-hybridized carbons (Fsp3) is 1.00. The Morgan fingerprint density at radius 1 is 1.00 bits per heavy atom. The van der Waals surface area contributed by atoms with Crippen LogP contribution in [0.25, 0.3) is 0 Å². The molecule has 1 fully saturated rings. The Bertz CT molecular complexity index is 176. The van der Waals surface area contributed by atoms with Crippen LogP contribution in [0, 0.1) is 0 Å². The van der Waals surface area contributed by atoms with Crippen molar-refractivity contribution in [1.29, 1.82) is 0 Å². The molecule has 0 aromatic heterocycles. The van der Waals surface area contributed by atoms with Crippen LogP contribution >= 0.6 is 22.6 Å². The van der Waals surface area contributed by atoms with E-state index in [-0.39, 0.29) is 0 Å². The highest BCUT2D eigenvalue weighted by molar-refractivity contribution is 14.1. The molecule has 0 amide bonds. The third-order valence-electron chi connectivity index (χ3n) is 3.32. The molecule has 1 saturated carbocycles. The zero-order chi connectivity index (χ0) is 12.3. The van der Waals surface area contributed by atoms with Crippen LogP contribution in [0.2, 0.25) is 0 Å². The van der Waals surface area contributed by atoms with Crippen LogP contribution < -0.4 is 0 Å². The van der Waals surface area contributed by atoms with E-state index in [2.05, 4.69) is 29.5 Å². The maximum Gasteiger partial charge on any atom is 0.0704 e. The molecular formula is C14H27IO2. The Morgan fingerprint density at radius 2 is 1.76 bits per heavy atom. The smallest absolute Gasteiger partial charge is 0.0704 e. The average Bonchev–Trinajstić information content (AvgIpc) is 2.32. The molecule has 0 heterocycles. The van der Waals surface area contributed by atoms with E-state index in [1.165, 1.54) is 51.4 Å². The summed E-state index contributed by atoms with van der Waals surface area (Å²) in [5.41, 5.74) is 0. The van der Waals surface area contributed by atoms with Crippen molar-refractivity contribution in [3.63, 3.8) is 0 Å². The Kier molecular flexibility index (Phi) is 9.76. The van der Waals surface area contributed by atoms with E-state index in [9.17, 15) is 0 Å². The van der Waals surface area contributed by atoms with Crippen LogP contribution in [-0.4, -0.2) is 29.8 Å². The summed E-state index contributed by atoms with van der Waals surface area (Å²) in [4.78, 5) is 0. The number of alkyl halides is 1. The van der Waals surface area contributed by atoms with Gasteiger partial charge in [-0.05, 0) is 19.3 Å². The molecule has 1 rings (SSSR count). The fourth-order valence-electron chi connectivity index (χ4n) is 2.20. The lowest BCUT2D eigenvalue weighted by atomic mass is 9.98. The third-order valence-corrected chi connectivity index (χ3v) is 4.75. The van der Waals surface area contributed by atoms with Crippen molar-refractivity contribution < 1.29 is 9.47 Å². The lowest BCUT2D eigenvalue weighted by Gasteiger charge is -2.25. The van der Waals surface area contributed by atoms with Crippen molar-refractivity contribution in [2.75, 3.05) is 19.8 Å². The molecule has 1 aliphatic rings. The van der Waals surface area contributed by atoms with Crippen molar-refractivity contribution >= 4 is 22.6 Å². The lowest BCUT2D eigenvalue weighted by molar-refractivity contribution is -0.00124. The molecule has 102 valence electrons. The quantitative estimate of drug-likeness (QED) is 0.385. The van der Waals surface area contributed by atoms with Gasteiger partial charge in [-0.1, -0.05) is 61.6 Å². The molecule has 2 atom stereocenters. The van der Waals surface area contributed by atoms with Gasteiger partial charge in [0, 0.05) is 10.5 Å². The van der Waals surface area contributed by atoms with E-state index in [1.807, 2.05) is 0 Å². The maximum atomic E-state index is 5.98. The van der Waals surface area contributed by atoms with Gasteiger partial charge in [-0.15, -0.1) is 0 Å². The molecule has 2 unspecified atom stereocenters. The number of unbranched alkanes of at least 4 members (excludes halogenated alkanes) is 1. The molecule has 17 heavy (non-hydrogen) atoms. The number of halogens is 1. The van der Waals surface area contributed by atoms with Crippen molar-refractivity contribution in [1.82, 2.24) is 0 Å². The Morgan fingerprint density at radius 3 is 2.53 bits per heavy atom. The molecule has 0 N–H and O–H groups in total. The fourth-order valence-corrected chi connectivity index (χ4v) is 3.21. The van der Waals surface area contributed by atoms with Gasteiger partial charge in [0.15, 0.2) is 0 Å². The molecule has 0 bridgehead atoms. The molecule has 2 nitrogen and oxygen atoms in total. The summed E-state index contributed by atoms with van der Waals surface area (Å²) in [6.45, 7) is 4.61. The summed E-state index contributed by atoms with van der Waals surface area (Å²) in [5, 5.41) is 0. The standard InChI is InChI=1S/C14H27IO2/c1-2-3-10-16-11-12-17-14-9-7-5-4-6-8-13(14)15/h13-14H,2-12H2,1H3. The second-order valence-electron chi connectivity index (χ2n) is 4.88. The van der Waals surface area contributed by atoms with Crippen LogP contribution in [0.4, 0.5) is 0 Å². The number of hydrogen-bond acceptors (Lipinski definition) is 2. The summed E-state index contributed by atoms with van der Waals surface area (Å²) < 4.78 is 12.2. The first-order valence-electron chi connectivity index (χ1n) is 7.18. The van der Waals surface area contributed by atoms with Gasteiger partial charge in [0.2, 0.25) is 0 Å². The van der Waals surface area contributed by atoms with E-state index in [1.54, 1.807) is 0 Å². The summed E-state index contributed by atoms with van der Waals surface area (Å²) in [5.74, 6) is 0. The predicted molar refractivity (Wildman–Crippen MR) is 81.0 cm³/mol. The topological polar surface area (TPSA) is 18.5 Å². The van der Waals surface area contributed by atoms with Crippen molar-refractivity contribution in [2.45, 2.75) is 68.3 Å². The van der Waals surface area contributed by atoms with E-state index in [4.69, 9.17) is 9.47 Å². The van der Waals surface area contributed by atoms with Gasteiger partial charge in [-0.2, -0.15) is 0 Å². The molecule has 3 heteroatoms. The minimum absolute atomic E-state index is 0.464. The highest BCUT2D eigenvalue weighted by atomic mass is 127. The normalized spacial score (nSPS) is 26.5. The Hall–Kier alpha value is 0.650. The van der Waals surface area contributed by atoms with Crippen LogP contribution in [0.3, 0.4) is 0 Å². The second kappa shape index (κ2) is 10.6.